The third kappa shape index (κ3) is 3.21. The lowest BCUT2D eigenvalue weighted by atomic mass is 10.2. The Balaban J connectivity index is 2.54. The Labute approximate surface area is 135 Å². The van der Waals surface area contributed by atoms with Crippen molar-refractivity contribution in [3.63, 3.8) is 0 Å². The molecule has 1 heterocycles. The SMILES string of the molecule is COC(=O)c1nn(C)c(C)c1NS(=O)(=O)c1cc(C)ccc1C. The van der Waals surface area contributed by atoms with Crippen LogP contribution in [-0.4, -0.2) is 31.3 Å². The van der Waals surface area contributed by atoms with E-state index in [-0.39, 0.29) is 16.3 Å². The highest BCUT2D eigenvalue weighted by Crippen LogP contribution is 2.25. The third-order valence-electron chi connectivity index (χ3n) is 3.58. The second kappa shape index (κ2) is 6.04. The zero-order valence-electron chi connectivity index (χ0n) is 13.7. The van der Waals surface area contributed by atoms with Gasteiger partial charge in [-0.15, -0.1) is 0 Å². The number of hydrogen-bond acceptors (Lipinski definition) is 5. The van der Waals surface area contributed by atoms with Crippen molar-refractivity contribution in [1.82, 2.24) is 9.78 Å². The Morgan fingerprint density at radius 1 is 1.26 bits per heavy atom. The molecule has 0 bridgehead atoms. The number of nitrogens with zero attached hydrogens (tertiary/aromatic N) is 2. The number of carbonyl (C=O) groups is 1. The molecular weight excluding hydrogens is 318 g/mol. The maximum atomic E-state index is 12.7. The Morgan fingerprint density at radius 2 is 1.91 bits per heavy atom. The average molecular weight is 337 g/mol. The van der Waals surface area contributed by atoms with Crippen LogP contribution in [-0.2, 0) is 21.8 Å². The van der Waals surface area contributed by atoms with Gasteiger partial charge in [-0.3, -0.25) is 9.40 Å². The zero-order chi connectivity index (χ0) is 17.4. The first-order valence-electron chi connectivity index (χ1n) is 6.89. The average Bonchev–Trinajstić information content (AvgIpc) is 2.76. The monoisotopic (exact) mass is 337 g/mol. The molecule has 0 radical (unpaired) electrons. The predicted molar refractivity (Wildman–Crippen MR) is 86.0 cm³/mol. The van der Waals surface area contributed by atoms with Crippen molar-refractivity contribution >= 4 is 21.7 Å². The van der Waals surface area contributed by atoms with E-state index in [1.807, 2.05) is 13.0 Å². The summed E-state index contributed by atoms with van der Waals surface area (Å²) in [6.45, 7) is 5.19. The van der Waals surface area contributed by atoms with E-state index < -0.39 is 16.0 Å². The first-order valence-corrected chi connectivity index (χ1v) is 8.37. The molecule has 0 spiro atoms. The van der Waals surface area contributed by atoms with E-state index in [0.717, 1.165) is 5.56 Å². The standard InChI is InChI=1S/C15H19N3O4S/c1-9-6-7-10(2)12(8-9)23(20,21)17-13-11(3)18(4)16-14(13)15(19)22-5/h6-8,17H,1-5H3. The number of rotatable bonds is 4. The van der Waals surface area contributed by atoms with Gasteiger partial charge in [-0.2, -0.15) is 5.10 Å². The minimum absolute atomic E-state index is 0.0682. The lowest BCUT2D eigenvalue weighted by Gasteiger charge is -2.11. The van der Waals surface area contributed by atoms with Crippen LogP contribution in [0.4, 0.5) is 5.69 Å². The topological polar surface area (TPSA) is 90.3 Å². The van der Waals surface area contributed by atoms with Gasteiger partial charge >= 0.3 is 5.97 Å². The summed E-state index contributed by atoms with van der Waals surface area (Å²) in [5.41, 5.74) is 2.01. The van der Waals surface area contributed by atoms with Crippen LogP contribution in [0.2, 0.25) is 0 Å². The maximum absolute atomic E-state index is 12.7. The summed E-state index contributed by atoms with van der Waals surface area (Å²) < 4.78 is 33.9. The first-order chi connectivity index (χ1) is 10.7. The summed E-state index contributed by atoms with van der Waals surface area (Å²) in [6, 6.07) is 5.16. The summed E-state index contributed by atoms with van der Waals surface area (Å²) in [5.74, 6) is -0.702. The van der Waals surface area contributed by atoms with Gasteiger partial charge in [0.05, 0.1) is 17.7 Å². The lowest BCUT2D eigenvalue weighted by molar-refractivity contribution is 0.0594. The smallest absolute Gasteiger partial charge is 0.360 e. The van der Waals surface area contributed by atoms with E-state index in [4.69, 9.17) is 0 Å². The predicted octanol–water partition coefficient (Wildman–Crippen LogP) is 1.93. The second-order valence-corrected chi connectivity index (χ2v) is 6.95. The number of benzene rings is 1. The van der Waals surface area contributed by atoms with E-state index >= 15 is 0 Å². The molecule has 0 amide bonds. The summed E-state index contributed by atoms with van der Waals surface area (Å²) in [5, 5.41) is 4.01. The number of sulfonamides is 1. The zero-order valence-corrected chi connectivity index (χ0v) is 14.5. The van der Waals surface area contributed by atoms with E-state index in [9.17, 15) is 13.2 Å². The van der Waals surface area contributed by atoms with Crippen LogP contribution in [0.5, 0.6) is 0 Å². The quantitative estimate of drug-likeness (QED) is 0.861. The van der Waals surface area contributed by atoms with Gasteiger partial charge in [0, 0.05) is 7.05 Å². The molecule has 1 N–H and O–H groups in total. The van der Waals surface area contributed by atoms with E-state index in [0.29, 0.717) is 11.3 Å². The van der Waals surface area contributed by atoms with Crippen LogP contribution < -0.4 is 4.72 Å². The van der Waals surface area contributed by atoms with Crippen molar-refractivity contribution in [2.24, 2.45) is 7.05 Å². The van der Waals surface area contributed by atoms with Crippen LogP contribution in [0.25, 0.3) is 0 Å². The number of carbonyl (C=O) groups excluding carboxylic acids is 1. The Bertz CT molecular complexity index is 869. The van der Waals surface area contributed by atoms with Gasteiger partial charge in [-0.1, -0.05) is 12.1 Å². The molecule has 8 heteroatoms. The fraction of sp³-hybridized carbons (Fsp3) is 0.333. The summed E-state index contributed by atoms with van der Waals surface area (Å²) in [7, 11) is -1.01. The van der Waals surface area contributed by atoms with Crippen LogP contribution >= 0.6 is 0 Å². The van der Waals surface area contributed by atoms with E-state index in [1.165, 1.54) is 11.8 Å². The highest BCUT2D eigenvalue weighted by Gasteiger charge is 2.26. The van der Waals surface area contributed by atoms with Crippen molar-refractivity contribution in [3.05, 3.63) is 40.7 Å². The molecule has 0 aliphatic carbocycles. The molecular formula is C15H19N3O4S. The van der Waals surface area contributed by atoms with Crippen molar-refractivity contribution < 1.29 is 17.9 Å². The Morgan fingerprint density at radius 3 is 2.52 bits per heavy atom. The molecule has 0 saturated heterocycles. The maximum Gasteiger partial charge on any atom is 0.360 e. The molecule has 7 nitrogen and oxygen atoms in total. The molecule has 0 saturated carbocycles. The number of methoxy groups -OCH3 is 1. The fourth-order valence-corrected chi connectivity index (χ4v) is 3.61. The van der Waals surface area contributed by atoms with E-state index in [2.05, 4.69) is 14.6 Å². The van der Waals surface area contributed by atoms with Crippen LogP contribution in [0, 0.1) is 20.8 Å². The van der Waals surface area contributed by atoms with Crippen LogP contribution in [0.3, 0.4) is 0 Å². The molecule has 0 aliphatic rings. The number of aryl methyl sites for hydroxylation is 3. The van der Waals surface area contributed by atoms with Crippen LogP contribution in [0.15, 0.2) is 23.1 Å². The number of anilines is 1. The number of hydrogen-bond donors (Lipinski definition) is 1. The van der Waals surface area contributed by atoms with Gasteiger partial charge in [0.2, 0.25) is 0 Å². The highest BCUT2D eigenvalue weighted by atomic mass is 32.2. The molecule has 23 heavy (non-hydrogen) atoms. The molecule has 1 aromatic carbocycles. The van der Waals surface area contributed by atoms with Gasteiger partial charge in [0.1, 0.15) is 5.69 Å². The summed E-state index contributed by atoms with van der Waals surface area (Å²) in [6.07, 6.45) is 0. The van der Waals surface area contributed by atoms with Gasteiger partial charge in [0.25, 0.3) is 10.0 Å². The molecule has 0 atom stereocenters. The molecule has 124 valence electrons. The summed E-state index contributed by atoms with van der Waals surface area (Å²) >= 11 is 0. The third-order valence-corrected chi connectivity index (χ3v) is 5.07. The van der Waals surface area contributed by atoms with Gasteiger partial charge in [-0.05, 0) is 38.0 Å². The van der Waals surface area contributed by atoms with Gasteiger partial charge in [-0.25, -0.2) is 13.2 Å². The Hall–Kier alpha value is -2.35. The van der Waals surface area contributed by atoms with Crippen molar-refractivity contribution in [1.29, 1.82) is 0 Å². The minimum Gasteiger partial charge on any atom is -0.464 e. The normalized spacial score (nSPS) is 11.3. The van der Waals surface area contributed by atoms with Crippen molar-refractivity contribution in [3.8, 4) is 0 Å². The largest absolute Gasteiger partial charge is 0.464 e. The highest BCUT2D eigenvalue weighted by molar-refractivity contribution is 7.92. The molecule has 0 unspecified atom stereocenters. The minimum atomic E-state index is -3.85. The summed E-state index contributed by atoms with van der Waals surface area (Å²) in [4.78, 5) is 12.0. The molecule has 2 rings (SSSR count). The number of esters is 1. The lowest BCUT2D eigenvalue weighted by Crippen LogP contribution is -2.17. The van der Waals surface area contributed by atoms with Crippen LogP contribution in [0.1, 0.15) is 27.3 Å². The number of ether oxygens (including phenoxy) is 1. The molecule has 0 fully saturated rings. The second-order valence-electron chi connectivity index (χ2n) is 5.30. The molecule has 2 aromatic rings. The fourth-order valence-electron chi connectivity index (χ4n) is 2.16. The van der Waals surface area contributed by atoms with Gasteiger partial charge in [0.15, 0.2) is 5.69 Å². The van der Waals surface area contributed by atoms with Crippen molar-refractivity contribution in [2.75, 3.05) is 11.8 Å². The number of aromatic nitrogens is 2. The van der Waals surface area contributed by atoms with Crippen molar-refractivity contribution in [2.45, 2.75) is 25.7 Å². The van der Waals surface area contributed by atoms with Gasteiger partial charge < -0.3 is 4.74 Å². The molecule has 1 aromatic heterocycles. The van der Waals surface area contributed by atoms with E-state index in [1.54, 1.807) is 33.0 Å². The first kappa shape index (κ1) is 17.0. The Kier molecular flexibility index (Phi) is 4.46. The molecule has 0 aliphatic heterocycles. The number of nitrogens with one attached hydrogen (secondary N) is 1.